The summed E-state index contributed by atoms with van der Waals surface area (Å²) in [5.74, 6) is 1.34. The van der Waals surface area contributed by atoms with E-state index in [0.717, 1.165) is 55.2 Å². The Morgan fingerprint density at radius 2 is 2.08 bits per heavy atom. The van der Waals surface area contributed by atoms with Crippen molar-refractivity contribution in [3.8, 4) is 11.3 Å². The van der Waals surface area contributed by atoms with Crippen LogP contribution in [0.1, 0.15) is 41.6 Å². The lowest BCUT2D eigenvalue weighted by Crippen LogP contribution is -2.32. The third kappa shape index (κ3) is 3.35. The minimum atomic E-state index is 0.512. The molecule has 4 heterocycles. The van der Waals surface area contributed by atoms with Crippen molar-refractivity contribution in [3.05, 3.63) is 53.6 Å². The third-order valence-corrected chi connectivity index (χ3v) is 5.01. The lowest BCUT2D eigenvalue weighted by atomic mass is 9.92. The largest absolute Gasteiger partial charge is 0.361 e. The van der Waals surface area contributed by atoms with Crippen LogP contribution >= 0.6 is 0 Å². The van der Waals surface area contributed by atoms with Gasteiger partial charge in [-0.1, -0.05) is 11.2 Å². The van der Waals surface area contributed by atoms with Crippen LogP contribution in [0.2, 0.25) is 0 Å². The fourth-order valence-corrected chi connectivity index (χ4v) is 3.67. The molecule has 4 rings (SSSR count). The van der Waals surface area contributed by atoms with Gasteiger partial charge in [0, 0.05) is 30.0 Å². The highest BCUT2D eigenvalue weighted by Gasteiger charge is 2.23. The molecule has 0 atom stereocenters. The van der Waals surface area contributed by atoms with Crippen molar-refractivity contribution in [1.82, 2.24) is 25.0 Å². The molecule has 1 saturated heterocycles. The molecule has 25 heavy (non-hydrogen) atoms. The molecule has 130 valence electrons. The molecule has 0 saturated carbocycles. The number of likely N-dealkylation sites (tertiary alicyclic amines) is 1. The predicted molar refractivity (Wildman–Crippen MR) is 95.0 cm³/mol. The molecule has 6 heteroatoms. The van der Waals surface area contributed by atoms with E-state index in [4.69, 9.17) is 9.51 Å². The van der Waals surface area contributed by atoms with Gasteiger partial charge in [-0.15, -0.1) is 0 Å². The minimum Gasteiger partial charge on any atom is -0.361 e. The smallest absolute Gasteiger partial charge is 0.143 e. The Kier molecular flexibility index (Phi) is 4.36. The van der Waals surface area contributed by atoms with Crippen molar-refractivity contribution in [2.75, 3.05) is 13.1 Å². The Labute approximate surface area is 147 Å². The van der Waals surface area contributed by atoms with Crippen LogP contribution < -0.4 is 0 Å². The van der Waals surface area contributed by atoms with Crippen molar-refractivity contribution in [2.24, 2.45) is 0 Å². The Bertz CT molecular complexity index is 812. The molecule has 0 spiro atoms. The van der Waals surface area contributed by atoms with E-state index < -0.39 is 0 Å². The number of nitrogens with zero attached hydrogens (tertiary/aromatic N) is 4. The first-order valence-electron chi connectivity index (χ1n) is 8.80. The van der Waals surface area contributed by atoms with Gasteiger partial charge in [-0.2, -0.15) is 0 Å². The summed E-state index contributed by atoms with van der Waals surface area (Å²) in [5.41, 5.74) is 5.25. The Balaban J connectivity index is 1.46. The molecule has 0 aromatic carbocycles. The van der Waals surface area contributed by atoms with E-state index in [9.17, 15) is 0 Å². The van der Waals surface area contributed by atoms with Crippen molar-refractivity contribution in [1.29, 1.82) is 0 Å². The van der Waals surface area contributed by atoms with Crippen LogP contribution in [0.4, 0.5) is 0 Å². The number of H-pyrrole nitrogens is 1. The highest BCUT2D eigenvalue weighted by molar-refractivity contribution is 5.63. The second kappa shape index (κ2) is 6.80. The van der Waals surface area contributed by atoms with E-state index >= 15 is 0 Å². The van der Waals surface area contributed by atoms with Gasteiger partial charge in [0.15, 0.2) is 0 Å². The molecule has 1 aliphatic rings. The summed E-state index contributed by atoms with van der Waals surface area (Å²) < 4.78 is 5.29. The summed E-state index contributed by atoms with van der Waals surface area (Å²) >= 11 is 0. The lowest BCUT2D eigenvalue weighted by Gasteiger charge is -2.31. The highest BCUT2D eigenvalue weighted by Crippen LogP contribution is 2.30. The Morgan fingerprint density at radius 1 is 1.24 bits per heavy atom. The maximum Gasteiger partial charge on any atom is 0.143 e. The molecule has 1 N–H and O–H groups in total. The molecular formula is C19H23N5O. The fraction of sp³-hybridized carbons (Fsp3) is 0.421. The minimum absolute atomic E-state index is 0.512. The number of imidazole rings is 1. The van der Waals surface area contributed by atoms with E-state index in [1.807, 2.05) is 26.1 Å². The van der Waals surface area contributed by atoms with Crippen molar-refractivity contribution >= 4 is 0 Å². The standard InChI is InChI=1S/C19H23N5O/c1-13-19(14(2)25-23-13)18-5-3-4-17(22-18)15-6-8-24(9-7-15)11-16-10-20-12-21-16/h3-5,10,12,15H,6-9,11H2,1-2H3,(H,20,21). The van der Waals surface area contributed by atoms with Crippen LogP contribution in [-0.4, -0.2) is 38.1 Å². The molecule has 0 unspecified atom stereocenters. The molecule has 0 amide bonds. The van der Waals surface area contributed by atoms with Crippen LogP contribution in [0.25, 0.3) is 11.3 Å². The number of hydrogen-bond donors (Lipinski definition) is 1. The van der Waals surface area contributed by atoms with Gasteiger partial charge >= 0.3 is 0 Å². The summed E-state index contributed by atoms with van der Waals surface area (Å²) in [4.78, 5) is 14.7. The van der Waals surface area contributed by atoms with Crippen molar-refractivity contribution in [3.63, 3.8) is 0 Å². The van der Waals surface area contributed by atoms with Gasteiger partial charge in [-0.3, -0.25) is 9.88 Å². The number of aromatic amines is 1. The molecule has 3 aromatic rings. The molecule has 0 radical (unpaired) electrons. The van der Waals surface area contributed by atoms with Gasteiger partial charge in [0.05, 0.1) is 23.3 Å². The highest BCUT2D eigenvalue weighted by atomic mass is 16.5. The first-order chi connectivity index (χ1) is 12.2. The summed E-state index contributed by atoms with van der Waals surface area (Å²) in [7, 11) is 0. The third-order valence-electron chi connectivity index (χ3n) is 5.01. The normalized spacial score (nSPS) is 16.4. The second-order valence-corrected chi connectivity index (χ2v) is 6.77. The average molecular weight is 337 g/mol. The van der Waals surface area contributed by atoms with E-state index in [2.05, 4.69) is 32.2 Å². The van der Waals surface area contributed by atoms with Crippen molar-refractivity contribution < 1.29 is 4.52 Å². The van der Waals surface area contributed by atoms with Gasteiger partial charge in [-0.05, 0) is 51.9 Å². The van der Waals surface area contributed by atoms with Crippen LogP contribution in [0.15, 0.2) is 35.2 Å². The number of aryl methyl sites for hydroxylation is 2. The van der Waals surface area contributed by atoms with Crippen molar-refractivity contribution in [2.45, 2.75) is 39.2 Å². The first-order valence-corrected chi connectivity index (χ1v) is 8.80. The van der Waals surface area contributed by atoms with Crippen LogP contribution in [0.3, 0.4) is 0 Å². The van der Waals surface area contributed by atoms with E-state index in [0.29, 0.717) is 5.92 Å². The number of rotatable bonds is 4. The molecular weight excluding hydrogens is 314 g/mol. The molecule has 3 aromatic heterocycles. The predicted octanol–water partition coefficient (Wildman–Crippen LogP) is 3.46. The number of pyridine rings is 1. The molecule has 1 aliphatic heterocycles. The summed E-state index contributed by atoms with van der Waals surface area (Å²) in [5, 5.41) is 4.05. The number of nitrogens with one attached hydrogen (secondary N) is 1. The van der Waals surface area contributed by atoms with Gasteiger partial charge in [0.1, 0.15) is 5.76 Å². The van der Waals surface area contributed by atoms with Gasteiger partial charge in [0.2, 0.25) is 0 Å². The zero-order chi connectivity index (χ0) is 17.2. The van der Waals surface area contributed by atoms with Crippen LogP contribution in [0.5, 0.6) is 0 Å². The monoisotopic (exact) mass is 337 g/mol. The summed E-state index contributed by atoms with van der Waals surface area (Å²) in [6.07, 6.45) is 5.91. The van der Waals surface area contributed by atoms with Gasteiger partial charge < -0.3 is 9.51 Å². The number of aromatic nitrogens is 4. The Hall–Kier alpha value is -2.47. The first kappa shape index (κ1) is 16.0. The van der Waals surface area contributed by atoms with E-state index in [-0.39, 0.29) is 0 Å². The van der Waals surface area contributed by atoms with E-state index in [1.54, 1.807) is 6.33 Å². The maximum absolute atomic E-state index is 5.29. The van der Waals surface area contributed by atoms with E-state index in [1.165, 1.54) is 11.4 Å². The zero-order valence-corrected chi connectivity index (χ0v) is 14.7. The number of hydrogen-bond acceptors (Lipinski definition) is 5. The SMILES string of the molecule is Cc1noc(C)c1-c1cccc(C2CCN(Cc3cnc[nH]3)CC2)n1. The molecule has 0 aliphatic carbocycles. The number of piperidine rings is 1. The maximum atomic E-state index is 5.29. The van der Waals surface area contributed by atoms with Gasteiger partial charge in [0.25, 0.3) is 0 Å². The quantitative estimate of drug-likeness (QED) is 0.789. The zero-order valence-electron chi connectivity index (χ0n) is 14.7. The molecule has 0 bridgehead atoms. The summed E-state index contributed by atoms with van der Waals surface area (Å²) in [6.45, 7) is 7.02. The summed E-state index contributed by atoms with van der Waals surface area (Å²) in [6, 6.07) is 6.29. The van der Waals surface area contributed by atoms with Crippen LogP contribution in [-0.2, 0) is 6.54 Å². The Morgan fingerprint density at radius 3 is 2.76 bits per heavy atom. The van der Waals surface area contributed by atoms with Crippen LogP contribution in [0, 0.1) is 13.8 Å². The molecule has 1 fully saturated rings. The average Bonchev–Trinajstić information content (AvgIpc) is 3.25. The lowest BCUT2D eigenvalue weighted by molar-refractivity contribution is 0.201. The fourth-order valence-electron chi connectivity index (χ4n) is 3.67. The topological polar surface area (TPSA) is 70.8 Å². The molecule has 6 nitrogen and oxygen atoms in total. The second-order valence-electron chi connectivity index (χ2n) is 6.77. The van der Waals surface area contributed by atoms with Gasteiger partial charge in [-0.25, -0.2) is 4.98 Å².